The van der Waals surface area contributed by atoms with Gasteiger partial charge in [0, 0.05) is 42.5 Å². The van der Waals surface area contributed by atoms with E-state index in [0.29, 0.717) is 55.9 Å². The predicted molar refractivity (Wildman–Crippen MR) is 205 cm³/mol. The highest BCUT2D eigenvalue weighted by Gasteiger charge is 2.45. The number of hydrazine groups is 1. The number of fused-ring (bicyclic) bond motifs is 1. The number of hydrogen-bond acceptors (Lipinski definition) is 8. The first kappa shape index (κ1) is 38.9. The van der Waals surface area contributed by atoms with Crippen LogP contribution < -0.4 is 10.2 Å². The number of H-pyrrole nitrogens is 1. The van der Waals surface area contributed by atoms with Crippen molar-refractivity contribution in [2.45, 2.75) is 90.9 Å². The molecule has 54 heavy (non-hydrogen) atoms. The summed E-state index contributed by atoms with van der Waals surface area (Å²) in [6.45, 7) is 11.9. The van der Waals surface area contributed by atoms with Crippen molar-refractivity contribution in [3.63, 3.8) is 0 Å². The number of aromatic amines is 1. The van der Waals surface area contributed by atoms with E-state index in [4.69, 9.17) is 37.4 Å². The molecule has 2 aromatic carbocycles. The Bertz CT molecular complexity index is 2060. The van der Waals surface area contributed by atoms with Gasteiger partial charge in [-0.15, -0.1) is 0 Å². The Morgan fingerprint density at radius 3 is 2.22 bits per heavy atom. The zero-order valence-corrected chi connectivity index (χ0v) is 32.8. The third-order valence-electron chi connectivity index (χ3n) is 9.58. The SMILES string of the molecule is CC(C)(C)OC(=O)NN(C(=O)c1cnc2[nH]cc(C(=O)c3ccc(Oc4ccccc4)cc3Cl)c2c1Cl)C1CCC2(CC1)CCN(C(=O)OC(C)(C)C)C2. The van der Waals surface area contributed by atoms with Crippen LogP contribution in [0.2, 0.25) is 10.0 Å². The molecule has 3 amide bonds. The van der Waals surface area contributed by atoms with E-state index < -0.39 is 35.0 Å². The summed E-state index contributed by atoms with van der Waals surface area (Å²) < 4.78 is 17.0. The number of para-hydroxylation sites is 1. The van der Waals surface area contributed by atoms with Crippen molar-refractivity contribution in [2.24, 2.45) is 5.41 Å². The molecule has 1 saturated carbocycles. The highest BCUT2D eigenvalue weighted by atomic mass is 35.5. The summed E-state index contributed by atoms with van der Waals surface area (Å²) >= 11 is 13.6. The van der Waals surface area contributed by atoms with Crippen molar-refractivity contribution in [2.75, 3.05) is 13.1 Å². The minimum absolute atomic E-state index is 0.0103. The van der Waals surface area contributed by atoms with Gasteiger partial charge < -0.3 is 24.1 Å². The third-order valence-corrected chi connectivity index (χ3v) is 10.3. The number of ether oxygens (including phenoxy) is 3. The molecular weight excluding hydrogens is 733 g/mol. The lowest BCUT2D eigenvalue weighted by Crippen LogP contribution is -2.54. The van der Waals surface area contributed by atoms with Crippen molar-refractivity contribution in [1.29, 1.82) is 0 Å². The quantitative estimate of drug-likeness (QED) is 0.146. The molecule has 1 aliphatic heterocycles. The highest BCUT2D eigenvalue weighted by molar-refractivity contribution is 6.41. The molecule has 2 fully saturated rings. The van der Waals surface area contributed by atoms with Crippen LogP contribution in [0.3, 0.4) is 0 Å². The Labute approximate surface area is 324 Å². The molecule has 2 N–H and O–H groups in total. The van der Waals surface area contributed by atoms with Gasteiger partial charge in [-0.1, -0.05) is 41.4 Å². The van der Waals surface area contributed by atoms with Crippen LogP contribution in [0, 0.1) is 5.41 Å². The Balaban J connectivity index is 1.24. The molecule has 1 spiro atoms. The first-order chi connectivity index (χ1) is 25.4. The molecule has 2 aromatic heterocycles. The van der Waals surface area contributed by atoms with Crippen molar-refractivity contribution in [3.05, 3.63) is 87.7 Å². The molecule has 2 aliphatic rings. The molecule has 1 saturated heterocycles. The third kappa shape index (κ3) is 8.76. The zero-order valence-electron chi connectivity index (χ0n) is 31.3. The molecule has 6 rings (SSSR count). The van der Waals surface area contributed by atoms with Gasteiger partial charge in [0.25, 0.3) is 5.91 Å². The van der Waals surface area contributed by atoms with Gasteiger partial charge in [0.1, 0.15) is 28.3 Å². The number of ketones is 1. The minimum Gasteiger partial charge on any atom is -0.457 e. The molecule has 12 nitrogen and oxygen atoms in total. The number of likely N-dealkylation sites (tertiary alicyclic amines) is 1. The number of amides is 3. The topological polar surface area (TPSA) is 143 Å². The average molecular weight is 779 g/mol. The van der Waals surface area contributed by atoms with Crippen LogP contribution in [0.25, 0.3) is 11.0 Å². The fraction of sp³-hybridized carbons (Fsp3) is 0.425. The molecule has 14 heteroatoms. The summed E-state index contributed by atoms with van der Waals surface area (Å²) in [5.41, 5.74) is 1.79. The summed E-state index contributed by atoms with van der Waals surface area (Å²) in [7, 11) is 0. The summed E-state index contributed by atoms with van der Waals surface area (Å²) in [4.78, 5) is 63.5. The van der Waals surface area contributed by atoms with Gasteiger partial charge >= 0.3 is 12.2 Å². The minimum atomic E-state index is -0.823. The second-order valence-corrected chi connectivity index (χ2v) is 16.8. The van der Waals surface area contributed by atoms with Crippen LogP contribution in [0.15, 0.2) is 60.9 Å². The summed E-state index contributed by atoms with van der Waals surface area (Å²) in [5, 5.41) is 1.66. The van der Waals surface area contributed by atoms with Gasteiger partial charge in [-0.2, -0.15) is 0 Å². The molecule has 0 unspecified atom stereocenters. The maximum Gasteiger partial charge on any atom is 0.426 e. The molecular formula is C40H45Cl2N5O7. The van der Waals surface area contributed by atoms with Crippen molar-refractivity contribution < 1.29 is 33.4 Å². The molecule has 286 valence electrons. The molecule has 0 radical (unpaired) electrons. The smallest absolute Gasteiger partial charge is 0.426 e. The Hall–Kier alpha value is -4.81. The number of nitrogens with zero attached hydrogens (tertiary/aromatic N) is 3. The zero-order chi connectivity index (χ0) is 39.0. The lowest BCUT2D eigenvalue weighted by molar-refractivity contribution is 0.00940. The molecule has 0 atom stereocenters. The average Bonchev–Trinajstić information content (AvgIpc) is 3.72. The molecule has 4 aromatic rings. The lowest BCUT2D eigenvalue weighted by Gasteiger charge is -2.41. The van der Waals surface area contributed by atoms with E-state index in [1.807, 2.05) is 39.0 Å². The van der Waals surface area contributed by atoms with Crippen molar-refractivity contribution >= 4 is 58.1 Å². The largest absolute Gasteiger partial charge is 0.457 e. The van der Waals surface area contributed by atoms with E-state index in [1.54, 1.807) is 56.0 Å². The van der Waals surface area contributed by atoms with E-state index in [9.17, 15) is 19.2 Å². The second kappa shape index (κ2) is 15.1. The number of aromatic nitrogens is 2. The first-order valence-electron chi connectivity index (χ1n) is 18.0. The van der Waals surface area contributed by atoms with E-state index in [-0.39, 0.29) is 43.6 Å². The summed E-state index contributed by atoms with van der Waals surface area (Å²) in [5.74, 6) is 0.0200. The van der Waals surface area contributed by atoms with Crippen LogP contribution in [-0.2, 0) is 9.47 Å². The molecule has 3 heterocycles. The Morgan fingerprint density at radius 1 is 0.889 bits per heavy atom. The van der Waals surface area contributed by atoms with E-state index in [1.165, 1.54) is 17.4 Å². The van der Waals surface area contributed by atoms with Gasteiger partial charge in [0.15, 0.2) is 5.78 Å². The number of rotatable bonds is 6. The number of hydrogen-bond donors (Lipinski definition) is 2. The van der Waals surface area contributed by atoms with Gasteiger partial charge in [-0.25, -0.2) is 25.0 Å². The predicted octanol–water partition coefficient (Wildman–Crippen LogP) is 9.34. The van der Waals surface area contributed by atoms with Crippen molar-refractivity contribution in [1.82, 2.24) is 25.3 Å². The number of nitrogens with one attached hydrogen (secondary N) is 2. The molecule has 1 aliphatic carbocycles. The summed E-state index contributed by atoms with van der Waals surface area (Å²) in [6, 6.07) is 13.5. The number of pyridine rings is 1. The maximum atomic E-state index is 14.4. The van der Waals surface area contributed by atoms with E-state index >= 15 is 0 Å². The van der Waals surface area contributed by atoms with Crippen LogP contribution in [0.4, 0.5) is 9.59 Å². The van der Waals surface area contributed by atoms with Crippen LogP contribution in [0.1, 0.15) is 99.9 Å². The van der Waals surface area contributed by atoms with Crippen molar-refractivity contribution in [3.8, 4) is 11.5 Å². The Kier molecular flexibility index (Phi) is 10.9. The van der Waals surface area contributed by atoms with Crippen LogP contribution in [-0.4, -0.2) is 74.1 Å². The number of carbonyl (C=O) groups is 4. The lowest BCUT2D eigenvalue weighted by atomic mass is 9.72. The normalized spacial score (nSPS) is 18.7. The van der Waals surface area contributed by atoms with Crippen LogP contribution in [0.5, 0.6) is 11.5 Å². The van der Waals surface area contributed by atoms with Crippen LogP contribution >= 0.6 is 23.2 Å². The molecule has 0 bridgehead atoms. The standard InChI is InChI=1S/C40H45Cl2N5O7/c1-38(2,3)53-36(50)45-47(24-14-16-40(17-15-24)18-19-46(23-40)37(51)54-39(4,5)6)35(49)29-22-44-34-31(32(29)42)28(21-43-34)33(48)27-13-12-26(20-30(27)41)52-25-10-8-7-9-11-25/h7-13,20-22,24H,14-19,23H2,1-6H3,(H,43,44)(H,45,50). The first-order valence-corrected chi connectivity index (χ1v) is 18.7. The number of halogens is 2. The summed E-state index contributed by atoms with van der Waals surface area (Å²) in [6.07, 6.45) is 5.01. The fourth-order valence-electron chi connectivity index (χ4n) is 7.03. The van der Waals surface area contributed by atoms with Gasteiger partial charge in [0.05, 0.1) is 27.2 Å². The number of benzene rings is 2. The maximum absolute atomic E-state index is 14.4. The highest BCUT2D eigenvalue weighted by Crippen LogP contribution is 2.45. The van der Waals surface area contributed by atoms with E-state index in [2.05, 4.69) is 15.4 Å². The van der Waals surface area contributed by atoms with Gasteiger partial charge in [-0.05, 0) is 103 Å². The monoisotopic (exact) mass is 777 g/mol. The number of carbonyl (C=O) groups excluding carboxylic acids is 4. The fourth-order valence-corrected chi connectivity index (χ4v) is 7.61. The Morgan fingerprint density at radius 2 is 1.57 bits per heavy atom. The second-order valence-electron chi connectivity index (χ2n) is 16.0. The van der Waals surface area contributed by atoms with Gasteiger partial charge in [-0.3, -0.25) is 9.59 Å². The van der Waals surface area contributed by atoms with E-state index in [0.717, 1.165) is 6.42 Å². The van der Waals surface area contributed by atoms with Gasteiger partial charge in [0.2, 0.25) is 0 Å².